The maximum atomic E-state index is 4.49. The van der Waals surface area contributed by atoms with E-state index in [4.69, 9.17) is 0 Å². The zero-order valence-corrected chi connectivity index (χ0v) is 11.2. The van der Waals surface area contributed by atoms with Crippen LogP contribution in [0, 0.1) is 6.92 Å². The largest absolute Gasteiger partial charge is 0.351 e. The third-order valence-corrected chi connectivity index (χ3v) is 2.80. The summed E-state index contributed by atoms with van der Waals surface area (Å²) in [5, 5.41) is 6.76. The zero-order chi connectivity index (χ0) is 12.5. The Kier molecular flexibility index (Phi) is 3.33. The topological polar surface area (TPSA) is 49.8 Å². The summed E-state index contributed by atoms with van der Waals surface area (Å²) in [5.74, 6) is 0.768. The lowest BCUT2D eigenvalue weighted by molar-refractivity contribution is 0.423. The first-order chi connectivity index (χ1) is 7.94. The fourth-order valence-electron chi connectivity index (χ4n) is 1.51. The predicted molar refractivity (Wildman–Crippen MR) is 70.0 cm³/mol. The standard InChI is InChI=1S/C13H22N4/c1-9-10(8-15-13(2,3)4)7-14-12(16-9)17-11-5-6-11/h7,11,15H,5-6,8H2,1-4H3,(H,14,16,17). The molecule has 1 aliphatic carbocycles. The molecule has 0 aliphatic heterocycles. The van der Waals surface area contributed by atoms with Gasteiger partial charge in [0.05, 0.1) is 0 Å². The molecule has 1 fully saturated rings. The van der Waals surface area contributed by atoms with Gasteiger partial charge in [0.2, 0.25) is 5.95 Å². The number of aromatic nitrogens is 2. The summed E-state index contributed by atoms with van der Waals surface area (Å²) in [6.07, 6.45) is 4.41. The van der Waals surface area contributed by atoms with Crippen LogP contribution in [0.4, 0.5) is 5.95 Å². The molecule has 2 rings (SSSR count). The van der Waals surface area contributed by atoms with Crippen molar-refractivity contribution in [2.75, 3.05) is 5.32 Å². The fourth-order valence-corrected chi connectivity index (χ4v) is 1.51. The molecule has 0 saturated heterocycles. The van der Waals surface area contributed by atoms with E-state index in [9.17, 15) is 0 Å². The summed E-state index contributed by atoms with van der Waals surface area (Å²) in [5.41, 5.74) is 2.35. The third-order valence-electron chi connectivity index (χ3n) is 2.80. The molecule has 1 heterocycles. The second-order valence-corrected chi connectivity index (χ2v) is 5.83. The molecule has 17 heavy (non-hydrogen) atoms. The Balaban J connectivity index is 1.98. The summed E-state index contributed by atoms with van der Waals surface area (Å²) in [6, 6.07) is 0.605. The average molecular weight is 234 g/mol. The molecule has 1 aliphatic rings. The highest BCUT2D eigenvalue weighted by atomic mass is 15.1. The van der Waals surface area contributed by atoms with Crippen molar-refractivity contribution in [3.8, 4) is 0 Å². The molecule has 0 atom stereocenters. The van der Waals surface area contributed by atoms with Crippen LogP contribution in [-0.2, 0) is 6.54 Å². The van der Waals surface area contributed by atoms with E-state index in [1.54, 1.807) is 0 Å². The van der Waals surface area contributed by atoms with Crippen molar-refractivity contribution in [3.63, 3.8) is 0 Å². The number of aryl methyl sites for hydroxylation is 1. The highest BCUT2D eigenvalue weighted by Gasteiger charge is 2.22. The van der Waals surface area contributed by atoms with E-state index in [1.807, 2.05) is 13.1 Å². The normalized spacial score (nSPS) is 16.0. The van der Waals surface area contributed by atoms with E-state index < -0.39 is 0 Å². The molecule has 0 bridgehead atoms. The van der Waals surface area contributed by atoms with Gasteiger partial charge in [0.25, 0.3) is 0 Å². The molecule has 0 unspecified atom stereocenters. The van der Waals surface area contributed by atoms with Crippen LogP contribution in [0.5, 0.6) is 0 Å². The van der Waals surface area contributed by atoms with Crippen molar-refractivity contribution in [3.05, 3.63) is 17.5 Å². The first-order valence-corrected chi connectivity index (χ1v) is 6.28. The average Bonchev–Trinajstić information content (AvgIpc) is 2.99. The minimum atomic E-state index is 0.122. The number of nitrogens with zero attached hydrogens (tertiary/aromatic N) is 2. The maximum absolute atomic E-state index is 4.49. The van der Waals surface area contributed by atoms with Crippen molar-refractivity contribution in [2.45, 2.75) is 58.7 Å². The Hall–Kier alpha value is -1.16. The highest BCUT2D eigenvalue weighted by Crippen LogP contribution is 2.23. The maximum Gasteiger partial charge on any atom is 0.223 e. The van der Waals surface area contributed by atoms with Gasteiger partial charge in [-0.05, 0) is 40.5 Å². The summed E-state index contributed by atoms with van der Waals surface area (Å²) in [7, 11) is 0. The number of hydrogen-bond acceptors (Lipinski definition) is 4. The second-order valence-electron chi connectivity index (χ2n) is 5.83. The Bertz CT molecular complexity index is 391. The molecule has 1 saturated carbocycles. The minimum absolute atomic E-state index is 0.122. The molecule has 4 nitrogen and oxygen atoms in total. The van der Waals surface area contributed by atoms with Crippen LogP contribution in [0.2, 0.25) is 0 Å². The van der Waals surface area contributed by atoms with Gasteiger partial charge in [-0.3, -0.25) is 0 Å². The second kappa shape index (κ2) is 4.61. The van der Waals surface area contributed by atoms with Gasteiger partial charge in [0.1, 0.15) is 0 Å². The Morgan fingerprint density at radius 3 is 2.59 bits per heavy atom. The number of anilines is 1. The van der Waals surface area contributed by atoms with Crippen molar-refractivity contribution < 1.29 is 0 Å². The Labute approximate surface area is 103 Å². The van der Waals surface area contributed by atoms with Crippen LogP contribution < -0.4 is 10.6 Å². The van der Waals surface area contributed by atoms with Crippen molar-refractivity contribution >= 4 is 5.95 Å². The van der Waals surface area contributed by atoms with Gasteiger partial charge >= 0.3 is 0 Å². The quantitative estimate of drug-likeness (QED) is 0.839. The molecule has 94 valence electrons. The predicted octanol–water partition coefficient (Wildman–Crippen LogP) is 2.25. The number of rotatable bonds is 4. The molecular formula is C13H22N4. The third kappa shape index (κ3) is 3.97. The van der Waals surface area contributed by atoms with Gasteiger partial charge in [0, 0.05) is 35.6 Å². The minimum Gasteiger partial charge on any atom is -0.351 e. The fraction of sp³-hybridized carbons (Fsp3) is 0.692. The van der Waals surface area contributed by atoms with E-state index in [-0.39, 0.29) is 5.54 Å². The van der Waals surface area contributed by atoms with Gasteiger partial charge in [-0.1, -0.05) is 0 Å². The van der Waals surface area contributed by atoms with Crippen molar-refractivity contribution in [1.82, 2.24) is 15.3 Å². The van der Waals surface area contributed by atoms with E-state index >= 15 is 0 Å². The molecule has 1 aromatic rings. The molecular weight excluding hydrogens is 212 g/mol. The molecule has 0 amide bonds. The first-order valence-electron chi connectivity index (χ1n) is 6.28. The van der Waals surface area contributed by atoms with Crippen LogP contribution in [-0.4, -0.2) is 21.5 Å². The van der Waals surface area contributed by atoms with Crippen LogP contribution in [0.15, 0.2) is 6.20 Å². The SMILES string of the molecule is Cc1nc(NC2CC2)ncc1CNC(C)(C)C. The first kappa shape index (κ1) is 12.3. The number of nitrogens with one attached hydrogen (secondary N) is 2. The van der Waals surface area contributed by atoms with Gasteiger partial charge in [0.15, 0.2) is 0 Å². The summed E-state index contributed by atoms with van der Waals surface area (Å²) >= 11 is 0. The Morgan fingerprint density at radius 2 is 2.06 bits per heavy atom. The molecule has 1 aromatic heterocycles. The lowest BCUT2D eigenvalue weighted by atomic mass is 10.1. The molecule has 0 aromatic carbocycles. The summed E-state index contributed by atoms with van der Waals surface area (Å²) < 4.78 is 0. The smallest absolute Gasteiger partial charge is 0.223 e. The Morgan fingerprint density at radius 1 is 1.35 bits per heavy atom. The molecule has 0 spiro atoms. The van der Waals surface area contributed by atoms with Crippen molar-refractivity contribution in [2.24, 2.45) is 0 Å². The van der Waals surface area contributed by atoms with Crippen LogP contribution >= 0.6 is 0 Å². The molecule has 2 N–H and O–H groups in total. The van der Waals surface area contributed by atoms with Gasteiger partial charge in [-0.15, -0.1) is 0 Å². The highest BCUT2D eigenvalue weighted by molar-refractivity contribution is 5.31. The lowest BCUT2D eigenvalue weighted by Gasteiger charge is -2.21. The van der Waals surface area contributed by atoms with E-state index in [0.717, 1.165) is 18.2 Å². The van der Waals surface area contributed by atoms with Crippen LogP contribution in [0.3, 0.4) is 0 Å². The van der Waals surface area contributed by atoms with Gasteiger partial charge in [-0.2, -0.15) is 0 Å². The lowest BCUT2D eigenvalue weighted by Crippen LogP contribution is -2.35. The van der Waals surface area contributed by atoms with E-state index in [2.05, 4.69) is 41.4 Å². The number of hydrogen-bond donors (Lipinski definition) is 2. The molecule has 0 radical (unpaired) electrons. The zero-order valence-electron chi connectivity index (χ0n) is 11.2. The van der Waals surface area contributed by atoms with Crippen molar-refractivity contribution in [1.29, 1.82) is 0 Å². The summed E-state index contributed by atoms with van der Waals surface area (Å²) in [6.45, 7) is 9.34. The van der Waals surface area contributed by atoms with E-state index in [1.165, 1.54) is 18.4 Å². The monoisotopic (exact) mass is 234 g/mol. The van der Waals surface area contributed by atoms with Gasteiger partial charge in [-0.25, -0.2) is 9.97 Å². The van der Waals surface area contributed by atoms with Crippen LogP contribution in [0.1, 0.15) is 44.9 Å². The summed E-state index contributed by atoms with van der Waals surface area (Å²) in [4.78, 5) is 8.85. The molecule has 4 heteroatoms. The van der Waals surface area contributed by atoms with Gasteiger partial charge < -0.3 is 10.6 Å². The van der Waals surface area contributed by atoms with E-state index in [0.29, 0.717) is 6.04 Å². The van der Waals surface area contributed by atoms with Crippen LogP contribution in [0.25, 0.3) is 0 Å².